The number of hydrogen-bond donors (Lipinski definition) is 0. The molecule has 0 heterocycles. The minimum Gasteiger partial charge on any atom is -1.00 e. The number of allylic oxidation sites excluding steroid dienone is 8. The molecule has 0 saturated heterocycles. The van der Waals surface area contributed by atoms with E-state index in [2.05, 4.69) is 64.2 Å². The molecule has 2 aliphatic rings. The third-order valence-corrected chi connectivity index (χ3v) is 10.1. The Balaban J connectivity index is 0.00000200. The smallest absolute Gasteiger partial charge is 1.00 e. The predicted molar refractivity (Wildman–Crippen MR) is 81.0 cm³/mol. The van der Waals surface area contributed by atoms with E-state index in [1.807, 2.05) is 0 Å². The second-order valence-electron chi connectivity index (χ2n) is 5.73. The van der Waals surface area contributed by atoms with E-state index in [1.165, 1.54) is 25.7 Å². The van der Waals surface area contributed by atoms with Gasteiger partial charge >= 0.3 is 130 Å². The van der Waals surface area contributed by atoms with Gasteiger partial charge in [0.25, 0.3) is 0 Å². The Morgan fingerprint density at radius 3 is 1.38 bits per heavy atom. The summed E-state index contributed by atoms with van der Waals surface area (Å²) in [5, 5.41) is 0. The van der Waals surface area contributed by atoms with Crippen molar-refractivity contribution >= 4 is 0 Å². The van der Waals surface area contributed by atoms with E-state index >= 15 is 0 Å². The Bertz CT molecular complexity index is 420. The zero-order chi connectivity index (χ0) is 13.9. The van der Waals surface area contributed by atoms with Gasteiger partial charge in [-0.15, -0.1) is 0 Å². The van der Waals surface area contributed by atoms with Crippen molar-refractivity contribution in [3.63, 3.8) is 0 Å². The zero-order valence-corrected chi connectivity index (χ0v) is 17.5. The summed E-state index contributed by atoms with van der Waals surface area (Å²) in [6, 6.07) is 0. The molecule has 116 valence electrons. The molecule has 0 saturated carbocycles. The van der Waals surface area contributed by atoms with Crippen LogP contribution in [0.25, 0.3) is 0 Å². The Labute approximate surface area is 154 Å². The molecule has 21 heavy (non-hydrogen) atoms. The minimum atomic E-state index is -0.591. The molecule has 2 unspecified atom stereocenters. The molecular formula is C18H26Cl2Zr. The summed E-state index contributed by atoms with van der Waals surface area (Å²) in [4.78, 5) is 0. The van der Waals surface area contributed by atoms with Crippen molar-refractivity contribution in [2.24, 2.45) is 0 Å². The minimum absolute atomic E-state index is 0. The van der Waals surface area contributed by atoms with E-state index in [9.17, 15) is 0 Å². The molecule has 0 aromatic carbocycles. The van der Waals surface area contributed by atoms with Gasteiger partial charge in [-0.2, -0.15) is 0 Å². The summed E-state index contributed by atoms with van der Waals surface area (Å²) in [5.74, 6) is 0. The van der Waals surface area contributed by atoms with Crippen LogP contribution in [0.2, 0.25) is 6.25 Å². The topological polar surface area (TPSA) is 0 Å². The first kappa shape index (κ1) is 21.4. The number of halogens is 2. The molecule has 2 aliphatic carbocycles. The predicted octanol–water partition coefficient (Wildman–Crippen LogP) is 0.0267. The van der Waals surface area contributed by atoms with Crippen LogP contribution in [0, 0.1) is 0 Å². The third-order valence-electron chi connectivity index (χ3n) is 4.53. The quantitative estimate of drug-likeness (QED) is 0.586. The molecule has 0 amide bonds. The second-order valence-corrected chi connectivity index (χ2v) is 10.9. The van der Waals surface area contributed by atoms with Gasteiger partial charge in [0.15, 0.2) is 0 Å². The average molecular weight is 405 g/mol. The van der Waals surface area contributed by atoms with Gasteiger partial charge in [-0.25, -0.2) is 0 Å². The zero-order valence-electron chi connectivity index (χ0n) is 13.5. The fraction of sp³-hybridized carbons (Fsp3) is 0.556. The Kier molecular flexibility index (Phi) is 9.08. The van der Waals surface area contributed by atoms with Crippen molar-refractivity contribution < 1.29 is 48.0 Å². The molecule has 0 aliphatic heterocycles. The van der Waals surface area contributed by atoms with Crippen molar-refractivity contribution in [3.05, 3.63) is 47.6 Å². The molecule has 2 rings (SSSR count). The van der Waals surface area contributed by atoms with Crippen molar-refractivity contribution in [1.82, 2.24) is 0 Å². The Morgan fingerprint density at radius 1 is 0.762 bits per heavy atom. The molecule has 0 N–H and O–H groups in total. The van der Waals surface area contributed by atoms with Gasteiger partial charge in [-0.3, -0.25) is 0 Å². The summed E-state index contributed by atoms with van der Waals surface area (Å²) in [7, 11) is 0. The fourth-order valence-electron chi connectivity index (χ4n) is 3.01. The van der Waals surface area contributed by atoms with Crippen LogP contribution in [-0.4, -0.2) is 0 Å². The van der Waals surface area contributed by atoms with Crippen LogP contribution in [0.4, 0.5) is 0 Å². The maximum Gasteiger partial charge on any atom is -1.00 e. The van der Waals surface area contributed by atoms with E-state index in [4.69, 9.17) is 0 Å². The van der Waals surface area contributed by atoms with Gasteiger partial charge < -0.3 is 24.8 Å². The van der Waals surface area contributed by atoms with Crippen LogP contribution >= 0.6 is 0 Å². The standard InChI is InChI=1S/2C9H13.2ClH.Zr/c2*1-3-8-5-6-9(4-2)7-8;;;/h2*5-7H,3-4H2,1-2H3;2*1H;/q;;;;+2/p-2. The molecule has 0 spiro atoms. The van der Waals surface area contributed by atoms with Crippen molar-refractivity contribution in [2.75, 3.05) is 0 Å². The van der Waals surface area contributed by atoms with E-state index in [0.29, 0.717) is 6.25 Å². The van der Waals surface area contributed by atoms with E-state index in [1.54, 1.807) is 11.1 Å². The summed E-state index contributed by atoms with van der Waals surface area (Å²) in [5.41, 5.74) is 3.10. The van der Waals surface area contributed by atoms with Gasteiger partial charge in [0.2, 0.25) is 0 Å². The Hall–Kier alpha value is 0.423. The first-order chi connectivity index (χ1) is 9.11. The molecule has 0 nitrogen and oxygen atoms in total. The van der Waals surface area contributed by atoms with E-state index in [0.717, 1.165) is 0 Å². The summed E-state index contributed by atoms with van der Waals surface area (Å²) >= 11 is -0.591. The number of rotatable bonds is 6. The van der Waals surface area contributed by atoms with Crippen molar-refractivity contribution in [1.29, 1.82) is 0 Å². The normalized spacial score (nSPS) is 29.3. The third kappa shape index (κ3) is 4.70. The molecule has 0 radical (unpaired) electrons. The Morgan fingerprint density at radius 2 is 1.14 bits per heavy atom. The summed E-state index contributed by atoms with van der Waals surface area (Å²) < 4.78 is 0.906. The molecule has 0 aromatic rings. The first-order valence-electron chi connectivity index (χ1n) is 7.72. The maximum atomic E-state index is 2.60. The van der Waals surface area contributed by atoms with Crippen molar-refractivity contribution in [2.45, 2.75) is 59.6 Å². The maximum absolute atomic E-state index is 2.60. The molecule has 0 fully saturated rings. The van der Waals surface area contributed by atoms with Gasteiger partial charge in [0, 0.05) is 0 Å². The molecule has 2 atom stereocenters. The van der Waals surface area contributed by atoms with Crippen LogP contribution in [0.15, 0.2) is 47.6 Å². The fourth-order valence-corrected chi connectivity index (χ4v) is 8.10. The van der Waals surface area contributed by atoms with Crippen LogP contribution in [0.1, 0.15) is 53.4 Å². The van der Waals surface area contributed by atoms with Crippen LogP contribution in [-0.2, 0) is 23.2 Å². The monoisotopic (exact) mass is 402 g/mol. The van der Waals surface area contributed by atoms with Gasteiger partial charge in [-0.1, -0.05) is 0 Å². The largest absolute Gasteiger partial charge is 1.00 e. The van der Waals surface area contributed by atoms with Crippen LogP contribution in [0.3, 0.4) is 0 Å². The molecule has 0 bridgehead atoms. The molecule has 3 heteroatoms. The summed E-state index contributed by atoms with van der Waals surface area (Å²) in [6.07, 6.45) is 20.0. The molecule has 0 aromatic heterocycles. The van der Waals surface area contributed by atoms with E-state index < -0.39 is 23.2 Å². The SMILES string of the molecule is CCC1=C[C](CC)([Zr+2][C]2(CC)C=CC(CC)=C2)C=C1.[Cl-].[Cl-]. The van der Waals surface area contributed by atoms with Crippen LogP contribution < -0.4 is 24.8 Å². The van der Waals surface area contributed by atoms with Crippen molar-refractivity contribution in [3.8, 4) is 0 Å². The van der Waals surface area contributed by atoms with Crippen LogP contribution in [0.5, 0.6) is 0 Å². The molecular weight excluding hydrogens is 378 g/mol. The average Bonchev–Trinajstić information content (AvgIpc) is 3.04. The summed E-state index contributed by atoms with van der Waals surface area (Å²) in [6.45, 7) is 9.28. The second kappa shape index (κ2) is 8.90. The van der Waals surface area contributed by atoms with Gasteiger partial charge in [-0.05, 0) is 0 Å². The van der Waals surface area contributed by atoms with Gasteiger partial charge in [0.1, 0.15) is 0 Å². The number of hydrogen-bond acceptors (Lipinski definition) is 0. The van der Waals surface area contributed by atoms with Gasteiger partial charge in [0.05, 0.1) is 0 Å². The first-order valence-corrected chi connectivity index (χ1v) is 10.2. The van der Waals surface area contributed by atoms with E-state index in [-0.39, 0.29) is 24.8 Å².